The van der Waals surface area contributed by atoms with Gasteiger partial charge in [0.25, 0.3) is 0 Å². The fraction of sp³-hybridized carbons (Fsp3) is 0.367. The van der Waals surface area contributed by atoms with E-state index in [2.05, 4.69) is 60.7 Å². The lowest BCUT2D eigenvalue weighted by atomic mass is 9.80. The van der Waals surface area contributed by atoms with Gasteiger partial charge in [-0.25, -0.2) is 4.79 Å². The number of carbonyl (C=O) groups is 1. The number of benzene rings is 5. The Hall–Kier alpha value is -4.91. The number of ether oxygens (including phenoxy) is 8. The Morgan fingerprint density at radius 1 is 0.458 bits per heavy atom. The fourth-order valence-corrected chi connectivity index (χ4v) is 7.22. The lowest BCUT2D eigenvalue weighted by molar-refractivity contribution is -0.0395. The molecule has 10 nitrogen and oxygen atoms in total. The van der Waals surface area contributed by atoms with Gasteiger partial charge in [0.2, 0.25) is 0 Å². The highest BCUT2D eigenvalue weighted by atomic mass is 16.6. The molecule has 1 aliphatic carbocycles. The third-order valence-electron chi connectivity index (χ3n) is 10.2. The van der Waals surface area contributed by atoms with E-state index < -0.39 is 5.60 Å². The smallest absolute Gasteiger partial charge is 0.409 e. The van der Waals surface area contributed by atoms with Crippen molar-refractivity contribution < 1.29 is 42.7 Å². The van der Waals surface area contributed by atoms with Crippen molar-refractivity contribution in [3.63, 3.8) is 0 Å². The molecule has 0 saturated carbocycles. The number of nitrogens with zero attached hydrogens (tertiary/aromatic N) is 1. The summed E-state index contributed by atoms with van der Waals surface area (Å²) in [5, 5.41) is 0. The molecule has 312 valence electrons. The van der Waals surface area contributed by atoms with Crippen molar-refractivity contribution in [3.8, 4) is 11.1 Å². The summed E-state index contributed by atoms with van der Waals surface area (Å²) in [5.41, 5.74) is 7.23. The van der Waals surface area contributed by atoms with Gasteiger partial charge in [-0.1, -0.05) is 140 Å². The van der Waals surface area contributed by atoms with E-state index in [1.807, 2.05) is 78.9 Å². The van der Waals surface area contributed by atoms with Crippen LogP contribution >= 0.6 is 0 Å². The van der Waals surface area contributed by atoms with Gasteiger partial charge in [-0.2, -0.15) is 0 Å². The second kappa shape index (κ2) is 24.2. The van der Waals surface area contributed by atoms with Crippen LogP contribution in [0.4, 0.5) is 4.79 Å². The van der Waals surface area contributed by atoms with Crippen LogP contribution in [-0.4, -0.2) is 117 Å². The molecule has 1 aliphatic rings. The first-order chi connectivity index (χ1) is 29.2. The summed E-state index contributed by atoms with van der Waals surface area (Å²) in [5.74, 6) is 0.0363. The first kappa shape index (κ1) is 43.7. The minimum Gasteiger partial charge on any atom is -0.448 e. The lowest BCUT2D eigenvalue weighted by Crippen LogP contribution is -2.34. The first-order valence-electron chi connectivity index (χ1n) is 20.5. The molecular weight excluding hydrogens is 747 g/mol. The summed E-state index contributed by atoms with van der Waals surface area (Å²) >= 11 is 0. The van der Waals surface area contributed by atoms with Crippen LogP contribution in [0.2, 0.25) is 0 Å². The molecule has 5 aromatic rings. The second-order valence-electron chi connectivity index (χ2n) is 14.0. The Morgan fingerprint density at radius 2 is 0.797 bits per heavy atom. The number of carbonyl (C=O) groups excluding carboxylic acids is 1. The van der Waals surface area contributed by atoms with E-state index in [1.54, 1.807) is 7.05 Å². The molecule has 0 bridgehead atoms. The molecule has 0 fully saturated rings. The molecule has 59 heavy (non-hydrogen) atoms. The highest BCUT2D eigenvalue weighted by Gasteiger charge is 2.37. The molecule has 5 aromatic carbocycles. The monoisotopic (exact) mass is 803 g/mol. The third-order valence-corrected chi connectivity index (χ3v) is 10.2. The summed E-state index contributed by atoms with van der Waals surface area (Å²) in [6.07, 6.45) is -0.363. The Bertz CT molecular complexity index is 1790. The second-order valence-corrected chi connectivity index (χ2v) is 14.0. The summed E-state index contributed by atoms with van der Waals surface area (Å²) in [6.45, 7) is 6.59. The van der Waals surface area contributed by atoms with Gasteiger partial charge in [0, 0.05) is 19.5 Å². The molecule has 0 aromatic heterocycles. The zero-order chi connectivity index (χ0) is 40.8. The van der Waals surface area contributed by atoms with Crippen molar-refractivity contribution in [1.29, 1.82) is 0 Å². The minimum atomic E-state index is -0.759. The van der Waals surface area contributed by atoms with Crippen LogP contribution in [0.3, 0.4) is 0 Å². The number of hydrogen-bond donors (Lipinski definition) is 0. The predicted octanol–water partition coefficient (Wildman–Crippen LogP) is 7.98. The predicted molar refractivity (Wildman–Crippen MR) is 228 cm³/mol. The van der Waals surface area contributed by atoms with Crippen LogP contribution in [-0.2, 0) is 43.5 Å². The molecular formula is C49H57NO9. The van der Waals surface area contributed by atoms with E-state index in [1.165, 1.54) is 27.2 Å². The van der Waals surface area contributed by atoms with Gasteiger partial charge in [-0.05, 0) is 38.9 Å². The van der Waals surface area contributed by atoms with Crippen molar-refractivity contribution >= 4 is 6.09 Å². The maximum atomic E-state index is 12.7. The molecule has 0 aliphatic heterocycles. The Labute approximate surface area is 348 Å². The van der Waals surface area contributed by atoms with Crippen molar-refractivity contribution in [2.24, 2.45) is 0 Å². The molecule has 1 amide bonds. The maximum absolute atomic E-state index is 12.7. The van der Waals surface area contributed by atoms with Crippen LogP contribution < -0.4 is 0 Å². The molecule has 10 heteroatoms. The average molecular weight is 804 g/mol. The molecule has 0 heterocycles. The van der Waals surface area contributed by atoms with Gasteiger partial charge in [-0.3, -0.25) is 0 Å². The van der Waals surface area contributed by atoms with Crippen LogP contribution in [0.15, 0.2) is 140 Å². The fourth-order valence-electron chi connectivity index (χ4n) is 7.22. The Kier molecular flexibility index (Phi) is 17.9. The van der Waals surface area contributed by atoms with E-state index in [0.717, 1.165) is 16.7 Å². The van der Waals surface area contributed by atoms with Gasteiger partial charge in [0.05, 0.1) is 85.9 Å². The highest BCUT2D eigenvalue weighted by Crippen LogP contribution is 2.44. The summed E-state index contributed by atoms with van der Waals surface area (Å²) in [6, 6.07) is 47.6. The topological polar surface area (TPSA) is 94.2 Å². The largest absolute Gasteiger partial charge is 0.448 e. The SMILES string of the molecule is CN(CCOCCOCCOCCOCCOCCOCCOC(c1ccccc1)(c1ccccc1)c1ccccc1)C(=O)OCC1c2ccccc2-c2ccccc21. The van der Waals surface area contributed by atoms with Crippen molar-refractivity contribution in [3.05, 3.63) is 167 Å². The first-order valence-corrected chi connectivity index (χ1v) is 20.5. The molecule has 0 spiro atoms. The minimum absolute atomic E-state index is 0.0363. The van der Waals surface area contributed by atoms with Crippen molar-refractivity contribution in [2.45, 2.75) is 11.5 Å². The summed E-state index contributed by atoms with van der Waals surface area (Å²) < 4.78 is 46.4. The standard InChI is InChI=1S/C49H57NO9/c1-50(48(51)58-39-47-45-23-13-11-21-43(45)44-22-12-14-24-46(44)47)25-26-52-27-28-53-29-30-54-31-32-55-33-34-56-35-36-57-37-38-59-49(40-15-5-2-6-16-40,41-17-7-3-8-18-41)42-19-9-4-10-20-42/h2-24,47H,25-39H2,1H3. The molecule has 0 N–H and O–H groups in total. The molecule has 0 atom stereocenters. The number of likely N-dealkylation sites (N-methyl/N-ethyl adjacent to an activating group) is 1. The lowest BCUT2D eigenvalue weighted by Gasteiger charge is -2.36. The number of hydrogen-bond acceptors (Lipinski definition) is 9. The molecule has 0 radical (unpaired) electrons. The van der Waals surface area contributed by atoms with E-state index in [-0.39, 0.29) is 12.0 Å². The number of rotatable bonds is 27. The van der Waals surface area contributed by atoms with Crippen LogP contribution in [0.25, 0.3) is 11.1 Å². The number of fused-ring (bicyclic) bond motifs is 3. The normalized spacial score (nSPS) is 12.3. The van der Waals surface area contributed by atoms with Crippen LogP contribution in [0.1, 0.15) is 33.7 Å². The van der Waals surface area contributed by atoms with Crippen molar-refractivity contribution in [2.75, 3.05) is 106 Å². The van der Waals surface area contributed by atoms with Crippen LogP contribution in [0, 0.1) is 0 Å². The van der Waals surface area contributed by atoms with Gasteiger partial charge in [-0.15, -0.1) is 0 Å². The Morgan fingerprint density at radius 3 is 1.20 bits per heavy atom. The molecule has 0 unspecified atom stereocenters. The summed E-state index contributed by atoms with van der Waals surface area (Å²) in [4.78, 5) is 14.2. The molecule has 6 rings (SSSR count). The van der Waals surface area contributed by atoms with E-state index in [0.29, 0.717) is 99.0 Å². The Balaban J connectivity index is 0.726. The van der Waals surface area contributed by atoms with Gasteiger partial charge in [0.15, 0.2) is 0 Å². The highest BCUT2D eigenvalue weighted by molar-refractivity contribution is 5.79. The van der Waals surface area contributed by atoms with Crippen LogP contribution in [0.5, 0.6) is 0 Å². The third kappa shape index (κ3) is 12.5. The van der Waals surface area contributed by atoms with E-state index in [4.69, 9.17) is 37.9 Å². The maximum Gasteiger partial charge on any atom is 0.409 e. The van der Waals surface area contributed by atoms with E-state index in [9.17, 15) is 4.79 Å². The van der Waals surface area contributed by atoms with Gasteiger partial charge in [0.1, 0.15) is 12.2 Å². The number of amides is 1. The summed E-state index contributed by atoms with van der Waals surface area (Å²) in [7, 11) is 1.72. The van der Waals surface area contributed by atoms with Crippen molar-refractivity contribution in [1.82, 2.24) is 4.90 Å². The average Bonchev–Trinajstić information content (AvgIpc) is 3.61. The van der Waals surface area contributed by atoms with Gasteiger partial charge >= 0.3 is 6.09 Å². The zero-order valence-electron chi connectivity index (χ0n) is 34.1. The van der Waals surface area contributed by atoms with E-state index >= 15 is 0 Å². The van der Waals surface area contributed by atoms with Gasteiger partial charge < -0.3 is 42.8 Å². The quantitative estimate of drug-likeness (QED) is 0.0387. The molecule has 0 saturated heterocycles. The zero-order valence-corrected chi connectivity index (χ0v) is 34.1.